The minimum atomic E-state index is -0.461. The van der Waals surface area contributed by atoms with Crippen molar-refractivity contribution in [2.75, 3.05) is 51.3 Å². The number of morpholine rings is 1. The molecule has 288 valence electrons. The largest absolute Gasteiger partial charge is 0.415 e. The zero-order valence-electron chi connectivity index (χ0n) is 32.0. The fraction of sp³-hybridized carbons (Fsp3) is 0.311. The number of fused-ring (bicyclic) bond motifs is 2. The van der Waals surface area contributed by atoms with Crippen molar-refractivity contribution < 1.29 is 23.9 Å². The van der Waals surface area contributed by atoms with Crippen molar-refractivity contribution in [3.63, 3.8) is 0 Å². The number of aromatic nitrogens is 1. The van der Waals surface area contributed by atoms with Gasteiger partial charge in [0.1, 0.15) is 5.75 Å². The summed E-state index contributed by atoms with van der Waals surface area (Å²) in [6, 6.07) is 30.6. The summed E-state index contributed by atoms with van der Waals surface area (Å²) in [7, 11) is 3.73. The first kappa shape index (κ1) is 37.5. The Bertz CT molecular complexity index is 2270. The average Bonchev–Trinajstić information content (AvgIpc) is 3.53. The second kappa shape index (κ2) is 16.0. The summed E-state index contributed by atoms with van der Waals surface area (Å²) in [4.78, 5) is 50.5. The molecule has 4 heterocycles. The van der Waals surface area contributed by atoms with E-state index in [-0.39, 0.29) is 17.9 Å². The summed E-state index contributed by atoms with van der Waals surface area (Å²) in [5.41, 5.74) is 8.60. The van der Waals surface area contributed by atoms with Gasteiger partial charge in [0.2, 0.25) is 0 Å². The highest BCUT2D eigenvalue weighted by molar-refractivity contribution is 6.30. The Kier molecular flexibility index (Phi) is 10.7. The third-order valence-electron chi connectivity index (χ3n) is 11.5. The Labute approximate surface area is 332 Å². The molecule has 10 nitrogen and oxygen atoms in total. The second-order valence-corrected chi connectivity index (χ2v) is 15.4. The highest BCUT2D eigenvalue weighted by Crippen LogP contribution is 2.36. The number of hydrogen-bond acceptors (Lipinski definition) is 6. The Morgan fingerprint density at radius 2 is 1.54 bits per heavy atom. The number of benzene rings is 4. The van der Waals surface area contributed by atoms with Gasteiger partial charge in [0.15, 0.2) is 0 Å². The zero-order chi connectivity index (χ0) is 38.9. The fourth-order valence-electron chi connectivity index (χ4n) is 8.17. The monoisotopic (exact) mass is 771 g/mol. The molecule has 56 heavy (non-hydrogen) atoms. The Hall–Kier alpha value is -5.42. The van der Waals surface area contributed by atoms with Crippen LogP contribution in [-0.2, 0) is 37.7 Å². The molecule has 3 amide bonds. The van der Waals surface area contributed by atoms with Crippen molar-refractivity contribution in [3.8, 4) is 17.0 Å². The van der Waals surface area contributed by atoms with Crippen LogP contribution in [-0.4, -0.2) is 89.7 Å². The van der Waals surface area contributed by atoms with Gasteiger partial charge < -0.3 is 28.7 Å². The van der Waals surface area contributed by atoms with Crippen LogP contribution in [0.15, 0.2) is 97.1 Å². The first-order chi connectivity index (χ1) is 27.1. The van der Waals surface area contributed by atoms with Crippen molar-refractivity contribution >= 4 is 35.2 Å². The molecule has 3 aliphatic heterocycles. The van der Waals surface area contributed by atoms with E-state index in [2.05, 4.69) is 29.2 Å². The van der Waals surface area contributed by atoms with E-state index in [4.69, 9.17) is 21.1 Å². The topological polar surface area (TPSA) is 87.6 Å². The van der Waals surface area contributed by atoms with Crippen LogP contribution in [0.1, 0.15) is 48.7 Å². The molecule has 11 heteroatoms. The van der Waals surface area contributed by atoms with Crippen molar-refractivity contribution in [1.29, 1.82) is 0 Å². The lowest BCUT2D eigenvalue weighted by Gasteiger charge is -2.41. The molecule has 4 aromatic carbocycles. The number of para-hydroxylation sites is 1. The summed E-state index contributed by atoms with van der Waals surface area (Å²) in [6.45, 7) is 6.91. The van der Waals surface area contributed by atoms with Gasteiger partial charge in [-0.05, 0) is 96.6 Å². The summed E-state index contributed by atoms with van der Waals surface area (Å²) in [5, 5.41) is 0.558. The third-order valence-corrected chi connectivity index (χ3v) is 11.8. The first-order valence-electron chi connectivity index (χ1n) is 19.2. The Morgan fingerprint density at radius 3 is 2.29 bits per heavy atom. The number of nitrogens with zero attached hydrogens (tertiary/aromatic N) is 5. The van der Waals surface area contributed by atoms with E-state index in [0.29, 0.717) is 61.2 Å². The Balaban J connectivity index is 1.18. The van der Waals surface area contributed by atoms with E-state index < -0.39 is 6.09 Å². The van der Waals surface area contributed by atoms with Gasteiger partial charge in [-0.2, -0.15) is 0 Å². The van der Waals surface area contributed by atoms with Crippen molar-refractivity contribution in [2.24, 2.45) is 7.05 Å². The lowest BCUT2D eigenvalue weighted by molar-refractivity contribution is 0.0193. The van der Waals surface area contributed by atoms with Crippen molar-refractivity contribution in [3.05, 3.63) is 141 Å². The summed E-state index contributed by atoms with van der Waals surface area (Å²) >= 11 is 6.05. The number of carbonyl (C=O) groups excluding carboxylic acids is 3. The van der Waals surface area contributed by atoms with Crippen LogP contribution < -0.4 is 9.64 Å². The molecule has 0 bridgehead atoms. The molecule has 0 radical (unpaired) electrons. The smallest absolute Gasteiger partial charge is 0.410 e. The average molecular weight is 772 g/mol. The molecule has 1 atom stereocenters. The zero-order valence-corrected chi connectivity index (χ0v) is 32.8. The molecule has 8 rings (SSSR count). The van der Waals surface area contributed by atoms with Crippen LogP contribution in [0.5, 0.6) is 5.75 Å². The number of ether oxygens (including phenoxy) is 2. The fourth-order valence-corrected chi connectivity index (χ4v) is 8.30. The number of halogens is 1. The predicted octanol–water partition coefficient (Wildman–Crippen LogP) is 7.39. The Morgan fingerprint density at radius 1 is 0.821 bits per heavy atom. The highest BCUT2D eigenvalue weighted by atomic mass is 35.5. The third kappa shape index (κ3) is 7.56. The van der Waals surface area contributed by atoms with Gasteiger partial charge >= 0.3 is 6.09 Å². The molecule has 1 saturated heterocycles. The molecule has 0 N–H and O–H groups in total. The van der Waals surface area contributed by atoms with Gasteiger partial charge in [0.05, 0.1) is 18.8 Å². The van der Waals surface area contributed by atoms with Crippen molar-refractivity contribution in [2.45, 2.75) is 38.9 Å². The standard InChI is InChI=1S/C45H46ClN5O5/c1-30-39(43(52)48(3)36-11-5-4-6-12-36)26-42(47(30)2)40-24-32-17-18-50(45(54)56-38-15-13-35(46)14-16-38)27-34(32)25-41(40)44(53)51-28-33-10-8-7-9-31(33)23-37(51)29-49-19-21-55-22-20-49/h4-16,24-26,37H,17-23,27-29H2,1-3H3/t37-/m0/s1. The van der Waals surface area contributed by atoms with E-state index in [1.807, 2.05) is 72.0 Å². The lowest BCUT2D eigenvalue weighted by atomic mass is 9.89. The van der Waals surface area contributed by atoms with Gasteiger partial charge in [-0.25, -0.2) is 4.79 Å². The van der Waals surface area contributed by atoms with Crippen LogP contribution in [0.3, 0.4) is 0 Å². The lowest BCUT2D eigenvalue weighted by Crippen LogP contribution is -2.52. The molecule has 0 unspecified atom stereocenters. The SMILES string of the molecule is Cc1c(C(=O)N(C)c2ccccc2)cc(-c2cc3c(cc2C(=O)N2Cc4ccccc4C[C@H]2CN2CCOCC2)CN(C(=O)Oc2ccc(Cl)cc2)CC3)n1C. The molecular weight excluding hydrogens is 726 g/mol. The van der Waals surface area contributed by atoms with E-state index in [0.717, 1.165) is 65.4 Å². The van der Waals surface area contributed by atoms with Gasteiger partial charge in [-0.15, -0.1) is 0 Å². The molecule has 1 aromatic heterocycles. The van der Waals surface area contributed by atoms with E-state index in [1.54, 1.807) is 41.1 Å². The van der Waals surface area contributed by atoms with E-state index in [9.17, 15) is 9.59 Å². The maximum Gasteiger partial charge on any atom is 0.415 e. The number of amides is 3. The molecule has 0 spiro atoms. The van der Waals surface area contributed by atoms with Crippen molar-refractivity contribution in [1.82, 2.24) is 19.3 Å². The number of anilines is 1. The highest BCUT2D eigenvalue weighted by Gasteiger charge is 2.35. The quantitative estimate of drug-likeness (QED) is 0.172. The van der Waals surface area contributed by atoms with Gasteiger partial charge in [0, 0.05) is 92.6 Å². The van der Waals surface area contributed by atoms with Gasteiger partial charge in [-0.3, -0.25) is 14.5 Å². The summed E-state index contributed by atoms with van der Waals surface area (Å²) in [5.74, 6) is 0.203. The van der Waals surface area contributed by atoms with Crippen LogP contribution >= 0.6 is 11.6 Å². The molecule has 5 aromatic rings. The normalized spacial score (nSPS) is 16.9. The number of rotatable bonds is 7. The number of hydrogen-bond donors (Lipinski definition) is 0. The van der Waals surface area contributed by atoms with E-state index >= 15 is 4.79 Å². The minimum absolute atomic E-state index is 0.0583. The van der Waals surface area contributed by atoms with Crippen LogP contribution in [0.2, 0.25) is 5.02 Å². The maximum atomic E-state index is 15.3. The van der Waals surface area contributed by atoms with Gasteiger partial charge in [-0.1, -0.05) is 54.1 Å². The summed E-state index contributed by atoms with van der Waals surface area (Å²) < 4.78 is 13.4. The minimum Gasteiger partial charge on any atom is -0.410 e. The molecule has 0 saturated carbocycles. The van der Waals surface area contributed by atoms with Crippen LogP contribution in [0.4, 0.5) is 10.5 Å². The molecule has 3 aliphatic rings. The molecule has 1 fully saturated rings. The van der Waals surface area contributed by atoms with E-state index in [1.165, 1.54) is 5.56 Å². The molecular formula is C45H46ClN5O5. The second-order valence-electron chi connectivity index (χ2n) is 14.9. The summed E-state index contributed by atoms with van der Waals surface area (Å²) in [6.07, 6.45) is 0.865. The van der Waals surface area contributed by atoms with Crippen LogP contribution in [0.25, 0.3) is 11.3 Å². The number of carbonyl (C=O) groups is 3. The maximum absolute atomic E-state index is 15.3. The molecule has 0 aliphatic carbocycles. The predicted molar refractivity (Wildman–Crippen MR) is 217 cm³/mol. The van der Waals surface area contributed by atoms with Crippen LogP contribution in [0, 0.1) is 6.92 Å². The first-order valence-corrected chi connectivity index (χ1v) is 19.6. The van der Waals surface area contributed by atoms with Gasteiger partial charge in [0.25, 0.3) is 11.8 Å².